The van der Waals surface area contributed by atoms with E-state index in [9.17, 15) is 22.4 Å². The molecule has 0 saturated heterocycles. The van der Waals surface area contributed by atoms with Crippen molar-refractivity contribution in [1.82, 2.24) is 0 Å². The van der Waals surface area contributed by atoms with Gasteiger partial charge < -0.3 is 9.46 Å². The Morgan fingerprint density at radius 3 is 2.34 bits per heavy atom. The van der Waals surface area contributed by atoms with E-state index in [0.29, 0.717) is 5.69 Å². The van der Waals surface area contributed by atoms with Crippen LogP contribution in [0.25, 0.3) is 0 Å². The van der Waals surface area contributed by atoms with Gasteiger partial charge in [0.15, 0.2) is 23.3 Å². The molecule has 2 aromatic carbocycles. The Hall–Kier alpha value is -2.42. The Morgan fingerprint density at radius 1 is 1.14 bits per heavy atom. The predicted molar refractivity (Wildman–Crippen MR) is 105 cm³/mol. The molecule has 0 bridgehead atoms. The van der Waals surface area contributed by atoms with Crippen LogP contribution < -0.4 is 9.62 Å². The fourth-order valence-electron chi connectivity index (χ4n) is 3.13. The van der Waals surface area contributed by atoms with Crippen molar-refractivity contribution >= 4 is 29.4 Å². The summed E-state index contributed by atoms with van der Waals surface area (Å²) in [6, 6.07) is 5.12. The lowest BCUT2D eigenvalue weighted by molar-refractivity contribution is 0.106. The van der Waals surface area contributed by atoms with Crippen molar-refractivity contribution < 1.29 is 27.1 Å². The number of anilines is 2. The summed E-state index contributed by atoms with van der Waals surface area (Å²) in [4.78, 5) is 13.7. The van der Waals surface area contributed by atoms with E-state index in [1.165, 1.54) is 4.90 Å². The van der Waals surface area contributed by atoms with E-state index in [1.54, 1.807) is 25.1 Å². The molecule has 1 aliphatic heterocycles. The Morgan fingerprint density at radius 2 is 1.76 bits per heavy atom. The summed E-state index contributed by atoms with van der Waals surface area (Å²) in [6.45, 7) is 6.46. The van der Waals surface area contributed by atoms with Crippen LogP contribution in [0.4, 0.5) is 33.7 Å². The van der Waals surface area contributed by atoms with Gasteiger partial charge in [0.05, 0.1) is 5.69 Å². The standard InChI is InChI=1S/C20H20F4N2O2S/c1-9(2)26-15-6-5-12(7-13(15)11(4)28-20(26)27)25-29-8-14-18(23)16(21)10(3)17(22)19(14)24/h5-7,9,11,25H,8H2,1-4H3. The lowest BCUT2D eigenvalue weighted by Gasteiger charge is -2.35. The van der Waals surface area contributed by atoms with Gasteiger partial charge in [-0.15, -0.1) is 0 Å². The van der Waals surface area contributed by atoms with Gasteiger partial charge in [-0.3, -0.25) is 4.90 Å². The molecule has 0 fully saturated rings. The molecule has 1 amide bonds. The number of rotatable bonds is 5. The molecule has 29 heavy (non-hydrogen) atoms. The number of hydrogen-bond acceptors (Lipinski definition) is 4. The van der Waals surface area contributed by atoms with Crippen LogP contribution in [0, 0.1) is 30.2 Å². The zero-order valence-corrected chi connectivity index (χ0v) is 17.1. The van der Waals surface area contributed by atoms with Gasteiger partial charge in [-0.25, -0.2) is 22.4 Å². The van der Waals surface area contributed by atoms with Gasteiger partial charge >= 0.3 is 6.09 Å². The number of halogens is 4. The van der Waals surface area contributed by atoms with Crippen molar-refractivity contribution in [3.05, 3.63) is 58.2 Å². The molecule has 2 aromatic rings. The highest BCUT2D eigenvalue weighted by Gasteiger charge is 2.32. The number of hydrogen-bond donors (Lipinski definition) is 1. The molecule has 0 saturated carbocycles. The number of amides is 1. The van der Waals surface area contributed by atoms with Crippen LogP contribution >= 0.6 is 11.9 Å². The number of cyclic esters (lactones) is 1. The maximum Gasteiger partial charge on any atom is 0.415 e. The number of fused-ring (bicyclic) bond motifs is 1. The molecule has 0 aromatic heterocycles. The third-order valence-electron chi connectivity index (χ3n) is 4.70. The minimum absolute atomic E-state index is 0.0979. The number of benzene rings is 2. The fourth-order valence-corrected chi connectivity index (χ4v) is 3.89. The van der Waals surface area contributed by atoms with Gasteiger partial charge in [-0.2, -0.15) is 0 Å². The number of carbonyl (C=O) groups is 1. The van der Waals surface area contributed by atoms with Crippen molar-refractivity contribution in [2.24, 2.45) is 0 Å². The van der Waals surface area contributed by atoms with Gasteiger partial charge in [0.25, 0.3) is 0 Å². The lowest BCUT2D eigenvalue weighted by Crippen LogP contribution is -2.41. The molecule has 1 aliphatic rings. The van der Waals surface area contributed by atoms with Gasteiger partial charge in [0.1, 0.15) is 6.10 Å². The first-order valence-corrected chi connectivity index (χ1v) is 9.95. The maximum absolute atomic E-state index is 14.0. The minimum atomic E-state index is -1.39. The largest absolute Gasteiger partial charge is 0.441 e. The van der Waals surface area contributed by atoms with Crippen LogP contribution in [0.2, 0.25) is 0 Å². The summed E-state index contributed by atoms with van der Waals surface area (Å²) in [5.41, 5.74) is 0.729. The highest BCUT2D eigenvalue weighted by Crippen LogP contribution is 2.38. The Labute approximate surface area is 170 Å². The topological polar surface area (TPSA) is 41.6 Å². The van der Waals surface area contributed by atoms with Crippen LogP contribution in [0.3, 0.4) is 0 Å². The third-order valence-corrected chi connectivity index (χ3v) is 5.51. The van der Waals surface area contributed by atoms with E-state index >= 15 is 0 Å². The molecule has 0 aliphatic carbocycles. The first-order chi connectivity index (χ1) is 13.6. The first-order valence-electron chi connectivity index (χ1n) is 8.96. The maximum atomic E-state index is 14.0. The third kappa shape index (κ3) is 3.88. The smallest absolute Gasteiger partial charge is 0.415 e. The van der Waals surface area contributed by atoms with Crippen LogP contribution in [-0.2, 0) is 10.5 Å². The number of ether oxygens (including phenoxy) is 1. The molecule has 4 nitrogen and oxygen atoms in total. The monoisotopic (exact) mass is 428 g/mol. The zero-order valence-electron chi connectivity index (χ0n) is 16.3. The predicted octanol–water partition coefficient (Wildman–Crippen LogP) is 6.24. The van der Waals surface area contributed by atoms with Crippen LogP contribution in [-0.4, -0.2) is 12.1 Å². The fraction of sp³-hybridized carbons (Fsp3) is 0.350. The summed E-state index contributed by atoms with van der Waals surface area (Å²) >= 11 is 0.886. The molecule has 1 atom stereocenters. The molecular formula is C20H20F4N2O2S. The van der Waals surface area contributed by atoms with Crippen molar-refractivity contribution in [1.29, 1.82) is 0 Å². The second kappa shape index (κ2) is 8.14. The Bertz CT molecular complexity index is 939. The molecule has 1 heterocycles. The van der Waals surface area contributed by atoms with E-state index < -0.39 is 46.6 Å². The van der Waals surface area contributed by atoms with Crippen molar-refractivity contribution in [2.75, 3.05) is 9.62 Å². The summed E-state index contributed by atoms with van der Waals surface area (Å²) in [7, 11) is 0. The normalized spacial score (nSPS) is 16.1. The molecule has 1 N–H and O–H groups in total. The average molecular weight is 428 g/mol. The quantitative estimate of drug-likeness (QED) is 0.348. The summed E-state index contributed by atoms with van der Waals surface area (Å²) in [5.74, 6) is -5.90. The van der Waals surface area contributed by atoms with Crippen LogP contribution in [0.1, 0.15) is 43.6 Å². The number of nitrogens with one attached hydrogen (secondary N) is 1. The van der Waals surface area contributed by atoms with Crippen molar-refractivity contribution in [3.8, 4) is 0 Å². The van der Waals surface area contributed by atoms with Gasteiger partial charge in [0.2, 0.25) is 0 Å². The molecular weight excluding hydrogens is 408 g/mol. The Balaban J connectivity index is 1.79. The van der Waals surface area contributed by atoms with E-state index in [2.05, 4.69) is 4.72 Å². The van der Waals surface area contributed by atoms with Crippen LogP contribution in [0.15, 0.2) is 18.2 Å². The van der Waals surface area contributed by atoms with Crippen molar-refractivity contribution in [3.63, 3.8) is 0 Å². The van der Waals surface area contributed by atoms with E-state index in [-0.39, 0.29) is 11.8 Å². The second-order valence-corrected chi connectivity index (χ2v) is 7.80. The zero-order chi connectivity index (χ0) is 21.5. The van der Waals surface area contributed by atoms with E-state index in [4.69, 9.17) is 4.74 Å². The number of nitrogens with zero attached hydrogens (tertiary/aromatic N) is 1. The molecule has 156 valence electrons. The van der Waals surface area contributed by atoms with Gasteiger partial charge in [-0.05, 0) is 57.8 Å². The summed E-state index contributed by atoms with van der Waals surface area (Å²) in [6.07, 6.45) is -0.890. The molecule has 1 unspecified atom stereocenters. The summed E-state index contributed by atoms with van der Waals surface area (Å²) in [5, 5.41) is 0. The first kappa shape index (κ1) is 21.3. The molecule has 3 rings (SSSR count). The van der Waals surface area contributed by atoms with E-state index in [1.807, 2.05) is 13.8 Å². The summed E-state index contributed by atoms with van der Waals surface area (Å²) < 4.78 is 63.6. The lowest BCUT2D eigenvalue weighted by atomic mass is 10.0. The van der Waals surface area contributed by atoms with Crippen LogP contribution in [0.5, 0.6) is 0 Å². The second-order valence-electron chi connectivity index (χ2n) is 7.01. The molecule has 0 radical (unpaired) electrons. The minimum Gasteiger partial charge on any atom is -0.441 e. The molecule has 0 spiro atoms. The number of carbonyl (C=O) groups excluding carboxylic acids is 1. The highest BCUT2D eigenvalue weighted by atomic mass is 32.2. The van der Waals surface area contributed by atoms with Gasteiger partial charge in [-0.1, -0.05) is 0 Å². The van der Waals surface area contributed by atoms with Gasteiger partial charge in [0, 0.05) is 34.2 Å². The SMILES string of the molecule is Cc1c(F)c(F)c(CSNc2ccc3c(c2)C(C)OC(=O)N3C(C)C)c(F)c1F. The highest BCUT2D eigenvalue weighted by molar-refractivity contribution is 7.99. The Kier molecular flexibility index (Phi) is 5.97. The van der Waals surface area contributed by atoms with Crippen molar-refractivity contribution in [2.45, 2.75) is 45.6 Å². The van der Waals surface area contributed by atoms with E-state index in [0.717, 1.165) is 30.1 Å². The molecule has 9 heteroatoms. The average Bonchev–Trinajstić information content (AvgIpc) is 2.67.